The molecule has 0 nitrogen and oxygen atoms in total. The van der Waals surface area contributed by atoms with Crippen molar-refractivity contribution in [2.45, 2.75) is 39.0 Å². The Balaban J connectivity index is 2.05. The molecule has 4 atom stereocenters. The van der Waals surface area contributed by atoms with E-state index in [1.165, 1.54) is 11.8 Å². The lowest BCUT2D eigenvalue weighted by Gasteiger charge is -2.27. The Morgan fingerprint density at radius 3 is 2.60 bits per heavy atom. The minimum atomic E-state index is 0.884. The number of rotatable bonds is 0. The molecule has 3 bridgehead atoms. The quantitative estimate of drug-likeness (QED) is 0.480. The first-order valence-corrected chi connectivity index (χ1v) is 4.80. The third-order valence-corrected chi connectivity index (χ3v) is 4.72. The zero-order valence-corrected chi connectivity index (χ0v) is 6.77. The lowest BCUT2D eigenvalue weighted by molar-refractivity contribution is 0.224. The Kier molecular flexibility index (Phi) is 0.810. The number of fused-ring (bicyclic) bond motifs is 3. The van der Waals surface area contributed by atoms with E-state index < -0.39 is 0 Å². The molecule has 0 saturated heterocycles. The van der Waals surface area contributed by atoms with Crippen LogP contribution in [0.2, 0.25) is 0 Å². The van der Waals surface area contributed by atoms with E-state index in [0.717, 1.165) is 11.3 Å². The summed E-state index contributed by atoms with van der Waals surface area (Å²) in [4.78, 5) is 0. The van der Waals surface area contributed by atoms with E-state index in [9.17, 15) is 0 Å². The van der Waals surface area contributed by atoms with Gasteiger partial charge in [0.25, 0.3) is 0 Å². The molecular weight excluding hydrogens is 120 g/mol. The molecule has 4 unspecified atom stereocenters. The Bertz CT molecular complexity index is 169. The fourth-order valence-electron chi connectivity index (χ4n) is 4.10. The minimum absolute atomic E-state index is 0.884. The Morgan fingerprint density at radius 2 is 2.00 bits per heavy atom. The molecule has 0 aliphatic heterocycles. The summed E-state index contributed by atoms with van der Waals surface area (Å²) in [6.07, 6.45) is 7.95. The molecule has 3 saturated carbocycles. The van der Waals surface area contributed by atoms with Gasteiger partial charge in [-0.3, -0.25) is 0 Å². The first-order chi connectivity index (χ1) is 4.80. The van der Waals surface area contributed by atoms with Gasteiger partial charge in [-0.15, -0.1) is 0 Å². The van der Waals surface area contributed by atoms with Crippen LogP contribution in [-0.2, 0) is 0 Å². The summed E-state index contributed by atoms with van der Waals surface area (Å²) in [5, 5.41) is 0. The first-order valence-electron chi connectivity index (χ1n) is 4.80. The molecule has 10 heavy (non-hydrogen) atoms. The summed E-state index contributed by atoms with van der Waals surface area (Å²) >= 11 is 0. The fraction of sp³-hybridized carbons (Fsp3) is 1.00. The van der Waals surface area contributed by atoms with Gasteiger partial charge in [0.1, 0.15) is 0 Å². The summed E-state index contributed by atoms with van der Waals surface area (Å²) in [6, 6.07) is 0. The van der Waals surface area contributed by atoms with E-state index in [-0.39, 0.29) is 0 Å². The maximum atomic E-state index is 2.49. The van der Waals surface area contributed by atoms with Crippen molar-refractivity contribution < 1.29 is 0 Å². The monoisotopic (exact) mass is 136 g/mol. The zero-order chi connectivity index (χ0) is 6.77. The van der Waals surface area contributed by atoms with Gasteiger partial charge in [0.05, 0.1) is 0 Å². The first kappa shape index (κ1) is 5.62. The van der Waals surface area contributed by atoms with E-state index in [4.69, 9.17) is 0 Å². The molecule has 0 N–H and O–H groups in total. The van der Waals surface area contributed by atoms with Crippen molar-refractivity contribution in [2.24, 2.45) is 23.2 Å². The van der Waals surface area contributed by atoms with Gasteiger partial charge < -0.3 is 0 Å². The highest BCUT2D eigenvalue weighted by molar-refractivity contribution is 5.08. The summed E-state index contributed by atoms with van der Waals surface area (Å²) in [5.74, 6) is 3.43. The van der Waals surface area contributed by atoms with E-state index in [1.54, 1.807) is 32.1 Å². The van der Waals surface area contributed by atoms with Gasteiger partial charge >= 0.3 is 0 Å². The maximum absolute atomic E-state index is 2.49. The third kappa shape index (κ3) is 0.436. The van der Waals surface area contributed by atoms with Crippen molar-refractivity contribution in [1.82, 2.24) is 0 Å². The molecule has 3 aliphatic carbocycles. The van der Waals surface area contributed by atoms with Gasteiger partial charge in [0.15, 0.2) is 0 Å². The van der Waals surface area contributed by atoms with E-state index in [2.05, 4.69) is 6.92 Å². The van der Waals surface area contributed by atoms with Gasteiger partial charge in [0.2, 0.25) is 0 Å². The molecule has 0 aromatic rings. The van der Waals surface area contributed by atoms with Crippen LogP contribution in [0.25, 0.3) is 0 Å². The van der Waals surface area contributed by atoms with E-state index in [1.807, 2.05) is 0 Å². The Hall–Kier alpha value is 0. The second kappa shape index (κ2) is 1.44. The van der Waals surface area contributed by atoms with Crippen LogP contribution in [0.15, 0.2) is 0 Å². The molecule has 1 spiro atoms. The molecule has 0 aromatic heterocycles. The van der Waals surface area contributed by atoms with Crippen LogP contribution in [-0.4, -0.2) is 0 Å². The molecular formula is C10H16. The molecule has 0 radical (unpaired) electrons. The summed E-state index contributed by atoms with van der Waals surface area (Å²) in [5.41, 5.74) is 0.884. The molecule has 0 aromatic carbocycles. The molecule has 3 fully saturated rings. The van der Waals surface area contributed by atoms with Crippen LogP contribution in [0.5, 0.6) is 0 Å². The van der Waals surface area contributed by atoms with Crippen LogP contribution in [0.3, 0.4) is 0 Å². The van der Waals surface area contributed by atoms with E-state index in [0.29, 0.717) is 0 Å². The van der Waals surface area contributed by atoms with Crippen LogP contribution in [0, 0.1) is 23.2 Å². The molecule has 0 heterocycles. The second-order valence-electron chi connectivity index (χ2n) is 4.97. The topological polar surface area (TPSA) is 0 Å². The van der Waals surface area contributed by atoms with Crippen LogP contribution >= 0.6 is 0 Å². The lowest BCUT2D eigenvalue weighted by Crippen LogP contribution is -2.18. The predicted molar refractivity (Wildman–Crippen MR) is 41.7 cm³/mol. The van der Waals surface area contributed by atoms with E-state index >= 15 is 0 Å². The van der Waals surface area contributed by atoms with Gasteiger partial charge in [0, 0.05) is 0 Å². The Morgan fingerprint density at radius 1 is 1.20 bits per heavy atom. The maximum Gasteiger partial charge on any atom is -0.0266 e. The largest absolute Gasteiger partial charge is 0.0620 e. The standard InChI is InChI=1S/C10H16/c1-7-4-9-6-10(7)3-2-8(9)5-10/h7-9H,2-6H2,1H3. The summed E-state index contributed by atoms with van der Waals surface area (Å²) in [6.45, 7) is 2.49. The van der Waals surface area contributed by atoms with Gasteiger partial charge in [-0.1, -0.05) is 6.92 Å². The molecule has 56 valence electrons. The van der Waals surface area contributed by atoms with Crippen molar-refractivity contribution in [1.29, 1.82) is 0 Å². The van der Waals surface area contributed by atoms with Gasteiger partial charge in [-0.25, -0.2) is 0 Å². The highest BCUT2D eigenvalue weighted by Gasteiger charge is 2.58. The Labute approximate surface area is 63.0 Å². The highest BCUT2D eigenvalue weighted by Crippen LogP contribution is 2.68. The van der Waals surface area contributed by atoms with Crippen LogP contribution < -0.4 is 0 Å². The van der Waals surface area contributed by atoms with Gasteiger partial charge in [-0.05, 0) is 55.3 Å². The normalized spacial score (nSPS) is 63.9. The van der Waals surface area contributed by atoms with Crippen molar-refractivity contribution in [3.8, 4) is 0 Å². The van der Waals surface area contributed by atoms with Crippen molar-refractivity contribution in [3.63, 3.8) is 0 Å². The molecule has 0 heteroatoms. The number of hydrogen-bond donors (Lipinski definition) is 0. The molecule has 3 rings (SSSR count). The molecule has 3 aliphatic rings. The summed E-state index contributed by atoms with van der Waals surface area (Å²) in [7, 11) is 0. The highest BCUT2D eigenvalue weighted by atomic mass is 14.6. The smallest absolute Gasteiger partial charge is 0.0266 e. The molecule has 0 amide bonds. The third-order valence-electron chi connectivity index (χ3n) is 4.72. The fourth-order valence-corrected chi connectivity index (χ4v) is 4.10. The lowest BCUT2D eigenvalue weighted by atomic mass is 9.78. The summed E-state index contributed by atoms with van der Waals surface area (Å²) < 4.78 is 0. The number of hydrogen-bond acceptors (Lipinski definition) is 0. The predicted octanol–water partition coefficient (Wildman–Crippen LogP) is 2.83. The van der Waals surface area contributed by atoms with Gasteiger partial charge in [-0.2, -0.15) is 0 Å². The minimum Gasteiger partial charge on any atom is -0.0620 e. The van der Waals surface area contributed by atoms with Crippen molar-refractivity contribution in [3.05, 3.63) is 0 Å². The van der Waals surface area contributed by atoms with Crippen molar-refractivity contribution >= 4 is 0 Å². The van der Waals surface area contributed by atoms with Crippen LogP contribution in [0.4, 0.5) is 0 Å². The van der Waals surface area contributed by atoms with Crippen LogP contribution in [0.1, 0.15) is 39.0 Å². The second-order valence-corrected chi connectivity index (χ2v) is 4.97. The SMILES string of the molecule is CC1CC2CC13CCC2C3. The van der Waals surface area contributed by atoms with Crippen molar-refractivity contribution in [2.75, 3.05) is 0 Å². The zero-order valence-electron chi connectivity index (χ0n) is 6.77. The average Bonchev–Trinajstić information content (AvgIpc) is 2.49. The average molecular weight is 136 g/mol.